The molecule has 1 fully saturated rings. The van der Waals surface area contributed by atoms with Crippen molar-refractivity contribution in [2.75, 3.05) is 25.0 Å². The second-order valence-corrected chi connectivity index (χ2v) is 7.75. The smallest absolute Gasteiger partial charge is 0.307 e. The lowest BCUT2D eigenvalue weighted by molar-refractivity contribution is -0.526. The minimum atomic E-state index is -3.61. The van der Waals surface area contributed by atoms with Crippen LogP contribution in [-0.2, 0) is 13.6 Å². The lowest BCUT2D eigenvalue weighted by atomic mass is 10.0. The highest BCUT2D eigenvalue weighted by Crippen LogP contribution is 2.63. The molecule has 0 aromatic rings. The van der Waals surface area contributed by atoms with Crippen molar-refractivity contribution < 1.29 is 18.5 Å². The molecule has 0 aliphatic heterocycles. The summed E-state index contributed by atoms with van der Waals surface area (Å²) in [6.07, 6.45) is 4.31. The van der Waals surface area contributed by atoms with Gasteiger partial charge >= 0.3 is 7.60 Å². The van der Waals surface area contributed by atoms with E-state index in [1.807, 2.05) is 12.2 Å². The summed E-state index contributed by atoms with van der Waals surface area (Å²) in [6.45, 7) is 0.0618. The van der Waals surface area contributed by atoms with Crippen molar-refractivity contribution in [3.05, 3.63) is 22.3 Å². The van der Waals surface area contributed by atoms with Crippen molar-refractivity contribution in [3.8, 4) is 0 Å². The van der Waals surface area contributed by atoms with Gasteiger partial charge in [-0.25, -0.2) is 0 Å². The average Bonchev–Trinajstić information content (AvgIpc) is 3.03. The summed E-state index contributed by atoms with van der Waals surface area (Å²) in [5.41, 5.74) is -0.751. The third-order valence-corrected chi connectivity index (χ3v) is 6.49. The van der Waals surface area contributed by atoms with Crippen LogP contribution in [0.2, 0.25) is 0 Å². The zero-order valence-corrected chi connectivity index (χ0v) is 13.1. The number of allylic oxidation sites excluding steroid dienone is 1. The van der Waals surface area contributed by atoms with Crippen LogP contribution in [0.15, 0.2) is 12.2 Å². The van der Waals surface area contributed by atoms with E-state index in [9.17, 15) is 14.7 Å². The first-order valence-corrected chi connectivity index (χ1v) is 9.04. The fourth-order valence-corrected chi connectivity index (χ4v) is 5.88. The van der Waals surface area contributed by atoms with Crippen LogP contribution in [0.4, 0.5) is 0 Å². The van der Waals surface area contributed by atoms with E-state index in [2.05, 4.69) is 0 Å². The van der Waals surface area contributed by atoms with Gasteiger partial charge in [-0.1, -0.05) is 12.2 Å². The van der Waals surface area contributed by atoms with Crippen LogP contribution < -0.4 is 0 Å². The van der Waals surface area contributed by atoms with Crippen LogP contribution in [0, 0.1) is 22.0 Å². The van der Waals surface area contributed by atoms with E-state index in [0.29, 0.717) is 6.42 Å². The average molecular weight is 344 g/mol. The number of fused-ring (bicyclic) bond motifs is 2. The monoisotopic (exact) mass is 343 g/mol. The van der Waals surface area contributed by atoms with Crippen LogP contribution in [0.25, 0.3) is 0 Å². The lowest BCUT2D eigenvalue weighted by Crippen LogP contribution is -2.38. The van der Waals surface area contributed by atoms with Gasteiger partial charge in [0.1, 0.15) is 5.66 Å². The Kier molecular flexibility index (Phi) is 5.49. The van der Waals surface area contributed by atoms with E-state index in [1.165, 1.54) is 0 Å². The maximum Gasteiger partial charge on any atom is 0.341 e. The van der Waals surface area contributed by atoms with Gasteiger partial charge in [0.15, 0.2) is 0 Å². The Morgan fingerprint density at radius 3 is 2.25 bits per heavy atom. The number of alkyl halides is 2. The fourth-order valence-electron chi connectivity index (χ4n) is 3.01. The zero-order chi connectivity index (χ0) is 14.8. The highest BCUT2D eigenvalue weighted by atomic mass is 35.5. The summed E-state index contributed by atoms with van der Waals surface area (Å²) in [4.78, 5) is 10.9. The first-order chi connectivity index (χ1) is 9.53. The molecule has 20 heavy (non-hydrogen) atoms. The van der Waals surface area contributed by atoms with Gasteiger partial charge in [-0.3, -0.25) is 14.7 Å². The summed E-state index contributed by atoms with van der Waals surface area (Å²) in [5, 5.41) is 11.3. The molecule has 2 aliphatic rings. The van der Waals surface area contributed by atoms with Gasteiger partial charge in [0.25, 0.3) is 0 Å². The molecule has 0 spiro atoms. The summed E-state index contributed by atoms with van der Waals surface area (Å²) in [7, 11) is -3.61. The maximum atomic E-state index is 12.9. The molecule has 6 nitrogen and oxygen atoms in total. The molecule has 2 aliphatic carbocycles. The molecule has 0 unspecified atom stereocenters. The van der Waals surface area contributed by atoms with Gasteiger partial charge in [0, 0.05) is 22.6 Å². The highest BCUT2D eigenvalue weighted by Gasteiger charge is 2.61. The van der Waals surface area contributed by atoms with E-state index in [-0.39, 0.29) is 41.7 Å². The topological polar surface area (TPSA) is 78.7 Å². The molecule has 0 aromatic heterocycles. The molecular formula is C11H16Cl2NO5P. The first-order valence-electron chi connectivity index (χ1n) is 6.36. The van der Waals surface area contributed by atoms with Crippen molar-refractivity contribution in [1.82, 2.24) is 0 Å². The molecule has 0 heterocycles. The van der Waals surface area contributed by atoms with E-state index in [0.717, 1.165) is 0 Å². The number of hydrogen-bond donors (Lipinski definition) is 0. The van der Waals surface area contributed by atoms with E-state index >= 15 is 0 Å². The van der Waals surface area contributed by atoms with Gasteiger partial charge in [-0.2, -0.15) is 0 Å². The normalized spacial score (nSPS) is 31.9. The Bertz CT molecular complexity index is 435. The molecule has 1 saturated carbocycles. The molecular weight excluding hydrogens is 328 g/mol. The fraction of sp³-hybridized carbons (Fsp3) is 0.818. The largest absolute Gasteiger partial charge is 0.341 e. The van der Waals surface area contributed by atoms with E-state index in [4.69, 9.17) is 32.2 Å². The molecule has 0 amide bonds. The second kappa shape index (κ2) is 6.75. The quantitative estimate of drug-likeness (QED) is 0.222. The number of nitro groups is 1. The third-order valence-electron chi connectivity index (χ3n) is 3.68. The van der Waals surface area contributed by atoms with Gasteiger partial charge in [0.2, 0.25) is 6.04 Å². The Hall–Kier alpha value is -0.130. The first kappa shape index (κ1) is 16.2. The molecule has 2 bridgehead atoms. The van der Waals surface area contributed by atoms with Crippen molar-refractivity contribution in [1.29, 1.82) is 0 Å². The van der Waals surface area contributed by atoms with E-state index in [1.54, 1.807) is 0 Å². The van der Waals surface area contributed by atoms with Crippen LogP contribution in [0.3, 0.4) is 0 Å². The maximum absolute atomic E-state index is 12.9. The Morgan fingerprint density at radius 2 is 1.75 bits per heavy atom. The zero-order valence-electron chi connectivity index (χ0n) is 10.7. The van der Waals surface area contributed by atoms with Crippen molar-refractivity contribution in [3.63, 3.8) is 0 Å². The Labute approximate surface area is 127 Å². The third kappa shape index (κ3) is 3.04. The molecule has 9 heteroatoms. The summed E-state index contributed by atoms with van der Waals surface area (Å²) in [5.74, 6) is -0.0541. The lowest BCUT2D eigenvalue weighted by Gasteiger charge is -2.29. The van der Waals surface area contributed by atoms with Crippen molar-refractivity contribution >= 4 is 30.8 Å². The molecule has 0 radical (unpaired) electrons. The van der Waals surface area contributed by atoms with Gasteiger partial charge in [-0.15, -0.1) is 23.2 Å². The molecule has 2 rings (SSSR count). The predicted octanol–water partition coefficient (Wildman–Crippen LogP) is 2.91. The Balaban J connectivity index is 2.24. The van der Waals surface area contributed by atoms with Gasteiger partial charge in [-0.05, 0) is 12.3 Å². The highest BCUT2D eigenvalue weighted by molar-refractivity contribution is 7.54. The van der Waals surface area contributed by atoms with E-state index < -0.39 is 19.3 Å². The van der Waals surface area contributed by atoms with Gasteiger partial charge in [0.05, 0.1) is 13.2 Å². The predicted molar refractivity (Wildman–Crippen MR) is 76.3 cm³/mol. The van der Waals surface area contributed by atoms with Crippen LogP contribution in [0.5, 0.6) is 0 Å². The summed E-state index contributed by atoms with van der Waals surface area (Å²) in [6, 6.07) is -0.929. The minimum absolute atomic E-state index is 0.0309. The molecule has 114 valence electrons. The van der Waals surface area contributed by atoms with Crippen LogP contribution >= 0.6 is 30.8 Å². The SMILES string of the molecule is O=[N+]([O-])[C@@H]1[C@H](P(=O)(OCCCl)OCCCl)[C@H]2C=C[C@@H]1C2. The standard InChI is InChI=1S/C11H16Cl2NO5P/c12-3-5-18-20(17,19-6-4-13)11-9-2-1-8(7-9)10(11)14(15)16/h1-2,8-11H,3-7H2/t8-,9+,10+,11-/m1/s1. The van der Waals surface area contributed by atoms with Crippen LogP contribution in [0.1, 0.15) is 6.42 Å². The number of nitrogens with zero attached hydrogens (tertiary/aromatic N) is 1. The summed E-state index contributed by atoms with van der Waals surface area (Å²) >= 11 is 11.1. The van der Waals surface area contributed by atoms with Gasteiger partial charge < -0.3 is 9.05 Å². The molecule has 4 atom stereocenters. The second-order valence-electron chi connectivity index (χ2n) is 4.80. The number of halogens is 2. The summed E-state index contributed by atoms with van der Waals surface area (Å²) < 4.78 is 23.5. The van der Waals surface area contributed by atoms with Crippen LogP contribution in [-0.4, -0.2) is 41.6 Å². The number of hydrogen-bond acceptors (Lipinski definition) is 5. The van der Waals surface area contributed by atoms with Crippen molar-refractivity contribution in [2.45, 2.75) is 18.1 Å². The minimum Gasteiger partial charge on any atom is -0.307 e. The molecule has 0 saturated heterocycles. The van der Waals surface area contributed by atoms with Crippen molar-refractivity contribution in [2.24, 2.45) is 11.8 Å². The molecule has 0 N–H and O–H groups in total. The number of rotatable bonds is 8. The molecule has 0 aromatic carbocycles. The Morgan fingerprint density at radius 1 is 1.20 bits per heavy atom.